The van der Waals surface area contributed by atoms with E-state index in [2.05, 4.69) is 0 Å². The highest BCUT2D eigenvalue weighted by Gasteiger charge is 2.37. The van der Waals surface area contributed by atoms with Crippen LogP contribution in [0, 0.1) is 5.82 Å². The Labute approximate surface area is 114 Å². The van der Waals surface area contributed by atoms with Gasteiger partial charge in [-0.3, -0.25) is 9.69 Å². The van der Waals surface area contributed by atoms with E-state index in [4.69, 9.17) is 0 Å². The summed E-state index contributed by atoms with van der Waals surface area (Å²) >= 11 is 0. The minimum atomic E-state index is -4.25. The Hall–Kier alpha value is -1.43. The third-order valence-corrected chi connectivity index (χ3v) is 3.24. The topological polar surface area (TPSA) is 20.3 Å². The fourth-order valence-corrected chi connectivity index (χ4v) is 2.09. The Kier molecular flexibility index (Phi) is 4.42. The molecule has 1 aliphatic rings. The van der Waals surface area contributed by atoms with E-state index >= 15 is 0 Å². The van der Waals surface area contributed by atoms with Crippen LogP contribution in [0.1, 0.15) is 29.6 Å². The number of nitrogens with zero attached hydrogens (tertiary/aromatic N) is 1. The fraction of sp³-hybridized carbons (Fsp3) is 0.500. The van der Waals surface area contributed by atoms with Crippen molar-refractivity contribution in [2.75, 3.05) is 13.1 Å². The zero-order valence-corrected chi connectivity index (χ0v) is 10.8. The smallest absolute Gasteiger partial charge is 0.294 e. The summed E-state index contributed by atoms with van der Waals surface area (Å²) in [4.78, 5) is 13.1. The maximum atomic E-state index is 12.7. The highest BCUT2D eigenvalue weighted by atomic mass is 19.4. The van der Waals surface area contributed by atoms with Gasteiger partial charge in [-0.2, -0.15) is 13.2 Å². The van der Waals surface area contributed by atoms with Crippen molar-refractivity contribution >= 4 is 5.78 Å². The highest BCUT2D eigenvalue weighted by molar-refractivity contribution is 5.96. The standard InChI is InChI=1S/C14H15F4NO/c15-11-3-1-10(2-4-11)13(20)7-8-19(12-5-6-12)9-14(16,17)18/h1-4,12H,5-9H2. The average Bonchev–Trinajstić information content (AvgIpc) is 3.17. The molecular formula is C14H15F4NO. The van der Waals surface area contributed by atoms with E-state index in [0.717, 1.165) is 12.8 Å². The zero-order valence-electron chi connectivity index (χ0n) is 10.8. The first-order valence-electron chi connectivity index (χ1n) is 6.45. The molecule has 1 fully saturated rings. The predicted molar refractivity (Wildman–Crippen MR) is 66.0 cm³/mol. The highest BCUT2D eigenvalue weighted by Crippen LogP contribution is 2.30. The van der Waals surface area contributed by atoms with Gasteiger partial charge in [-0.25, -0.2) is 4.39 Å². The van der Waals surface area contributed by atoms with Crippen LogP contribution in [0.25, 0.3) is 0 Å². The minimum Gasteiger partial charge on any atom is -0.294 e. The number of Topliss-reactive ketones (excluding diaryl/α,β-unsaturated/α-hetero) is 1. The lowest BCUT2D eigenvalue weighted by Gasteiger charge is -2.22. The number of hydrogen-bond acceptors (Lipinski definition) is 2. The Bertz CT molecular complexity index is 465. The van der Waals surface area contributed by atoms with Crippen LogP contribution in [0.3, 0.4) is 0 Å². The van der Waals surface area contributed by atoms with Crippen molar-refractivity contribution in [2.45, 2.75) is 31.5 Å². The third kappa shape index (κ3) is 4.59. The van der Waals surface area contributed by atoms with Crippen LogP contribution < -0.4 is 0 Å². The summed E-state index contributed by atoms with van der Waals surface area (Å²) in [6.07, 6.45) is -2.73. The first-order chi connectivity index (χ1) is 9.35. The summed E-state index contributed by atoms with van der Waals surface area (Å²) in [6.45, 7) is -0.894. The Morgan fingerprint density at radius 3 is 2.30 bits per heavy atom. The molecule has 20 heavy (non-hydrogen) atoms. The van der Waals surface area contributed by atoms with Gasteiger partial charge in [-0.1, -0.05) is 0 Å². The molecule has 1 aromatic carbocycles. The molecule has 0 spiro atoms. The van der Waals surface area contributed by atoms with Crippen LogP contribution in [0.15, 0.2) is 24.3 Å². The summed E-state index contributed by atoms with van der Waals surface area (Å²) in [5.41, 5.74) is 0.328. The molecule has 0 aliphatic heterocycles. The summed E-state index contributed by atoms with van der Waals surface area (Å²) < 4.78 is 50.0. The molecule has 0 heterocycles. The molecule has 0 unspecified atom stereocenters. The lowest BCUT2D eigenvalue weighted by Crippen LogP contribution is -2.37. The van der Waals surface area contributed by atoms with E-state index in [1.165, 1.54) is 29.2 Å². The molecule has 0 atom stereocenters. The van der Waals surface area contributed by atoms with Crippen LogP contribution in [-0.2, 0) is 0 Å². The lowest BCUT2D eigenvalue weighted by molar-refractivity contribution is -0.147. The molecule has 0 saturated heterocycles. The van der Waals surface area contributed by atoms with Crippen molar-refractivity contribution in [3.8, 4) is 0 Å². The normalized spacial score (nSPS) is 15.7. The SMILES string of the molecule is O=C(CCN(CC(F)(F)F)C1CC1)c1ccc(F)cc1. The number of carbonyl (C=O) groups is 1. The van der Waals surface area contributed by atoms with Gasteiger partial charge < -0.3 is 0 Å². The number of benzene rings is 1. The molecule has 0 amide bonds. The molecule has 6 heteroatoms. The Balaban J connectivity index is 1.89. The van der Waals surface area contributed by atoms with E-state index in [0.29, 0.717) is 5.56 Å². The fourth-order valence-electron chi connectivity index (χ4n) is 2.09. The average molecular weight is 289 g/mol. The van der Waals surface area contributed by atoms with Crippen LogP contribution in [0.5, 0.6) is 0 Å². The predicted octanol–water partition coefficient (Wildman–Crippen LogP) is 3.43. The van der Waals surface area contributed by atoms with Crippen LogP contribution in [-0.4, -0.2) is 36.0 Å². The second-order valence-corrected chi connectivity index (χ2v) is 5.00. The first kappa shape index (κ1) is 15.0. The van der Waals surface area contributed by atoms with Crippen LogP contribution >= 0.6 is 0 Å². The number of ketones is 1. The minimum absolute atomic E-state index is 0.0121. The molecule has 110 valence electrons. The lowest BCUT2D eigenvalue weighted by atomic mass is 10.1. The largest absolute Gasteiger partial charge is 0.401 e. The molecule has 0 bridgehead atoms. The van der Waals surface area contributed by atoms with Crippen molar-refractivity contribution in [1.82, 2.24) is 4.90 Å². The number of rotatable bonds is 6. The Morgan fingerprint density at radius 1 is 1.20 bits per heavy atom. The van der Waals surface area contributed by atoms with Crippen molar-refractivity contribution in [3.05, 3.63) is 35.6 Å². The first-order valence-corrected chi connectivity index (χ1v) is 6.45. The molecule has 0 radical (unpaired) electrons. The van der Waals surface area contributed by atoms with Gasteiger partial charge in [0, 0.05) is 24.6 Å². The monoisotopic (exact) mass is 289 g/mol. The van der Waals surface area contributed by atoms with Crippen LogP contribution in [0.2, 0.25) is 0 Å². The summed E-state index contributed by atoms with van der Waals surface area (Å²) in [5.74, 6) is -0.712. The summed E-state index contributed by atoms with van der Waals surface area (Å²) in [6, 6.07) is 4.98. The molecule has 1 aliphatic carbocycles. The van der Waals surface area contributed by atoms with Crippen molar-refractivity contribution in [2.24, 2.45) is 0 Å². The quantitative estimate of drug-likeness (QED) is 0.591. The van der Waals surface area contributed by atoms with Gasteiger partial charge in [0.2, 0.25) is 0 Å². The molecule has 0 N–H and O–H groups in total. The van der Waals surface area contributed by atoms with Crippen molar-refractivity contribution < 1.29 is 22.4 Å². The van der Waals surface area contributed by atoms with Gasteiger partial charge in [0.15, 0.2) is 5.78 Å². The molecule has 1 saturated carbocycles. The number of halogens is 4. The molecule has 2 rings (SSSR count). The second kappa shape index (κ2) is 5.91. The maximum absolute atomic E-state index is 12.7. The molecule has 0 aromatic heterocycles. The van der Waals surface area contributed by atoms with Gasteiger partial charge >= 0.3 is 6.18 Å². The van der Waals surface area contributed by atoms with Gasteiger partial charge in [0.25, 0.3) is 0 Å². The molecule has 1 aromatic rings. The van der Waals surface area contributed by atoms with Gasteiger partial charge in [-0.15, -0.1) is 0 Å². The Morgan fingerprint density at radius 2 is 1.80 bits per heavy atom. The van der Waals surface area contributed by atoms with E-state index in [1.54, 1.807) is 0 Å². The van der Waals surface area contributed by atoms with Crippen LogP contribution in [0.4, 0.5) is 17.6 Å². The van der Waals surface area contributed by atoms with Gasteiger partial charge in [0.1, 0.15) is 5.82 Å². The summed E-state index contributed by atoms with van der Waals surface area (Å²) in [5, 5.41) is 0. The summed E-state index contributed by atoms with van der Waals surface area (Å²) in [7, 11) is 0. The maximum Gasteiger partial charge on any atom is 0.401 e. The van der Waals surface area contributed by atoms with Gasteiger partial charge in [0.05, 0.1) is 6.54 Å². The number of alkyl halides is 3. The number of hydrogen-bond donors (Lipinski definition) is 0. The van der Waals surface area contributed by atoms with E-state index in [9.17, 15) is 22.4 Å². The van der Waals surface area contributed by atoms with E-state index in [1.807, 2.05) is 0 Å². The third-order valence-electron chi connectivity index (χ3n) is 3.24. The molecular weight excluding hydrogens is 274 g/mol. The zero-order chi connectivity index (χ0) is 14.8. The van der Waals surface area contributed by atoms with Gasteiger partial charge in [-0.05, 0) is 37.1 Å². The second-order valence-electron chi connectivity index (χ2n) is 5.00. The van der Waals surface area contributed by atoms with E-state index in [-0.39, 0.29) is 24.8 Å². The molecule has 2 nitrogen and oxygen atoms in total. The van der Waals surface area contributed by atoms with Crippen molar-refractivity contribution in [1.29, 1.82) is 0 Å². The van der Waals surface area contributed by atoms with Crippen molar-refractivity contribution in [3.63, 3.8) is 0 Å². The number of carbonyl (C=O) groups excluding carboxylic acids is 1. The van der Waals surface area contributed by atoms with E-state index < -0.39 is 18.5 Å².